The molecule has 104 valence electrons. The number of nitrogens with one attached hydrogen (secondary N) is 1. The van der Waals surface area contributed by atoms with Crippen LogP contribution in [-0.2, 0) is 5.41 Å². The van der Waals surface area contributed by atoms with Crippen LogP contribution < -0.4 is 5.32 Å². The first-order valence-corrected chi connectivity index (χ1v) is 7.43. The van der Waals surface area contributed by atoms with E-state index in [1.165, 1.54) is 31.2 Å². The van der Waals surface area contributed by atoms with E-state index in [0.29, 0.717) is 5.15 Å². The van der Waals surface area contributed by atoms with Crippen LogP contribution in [0.4, 0.5) is 5.82 Å². The molecule has 0 saturated heterocycles. The lowest BCUT2D eigenvalue weighted by Gasteiger charge is -2.30. The molecule has 1 saturated carbocycles. The van der Waals surface area contributed by atoms with E-state index in [-0.39, 0.29) is 5.41 Å². The summed E-state index contributed by atoms with van der Waals surface area (Å²) in [4.78, 5) is 8.32. The van der Waals surface area contributed by atoms with Gasteiger partial charge in [0, 0.05) is 12.0 Å². The monoisotopic (exact) mass is 287 g/mol. The Morgan fingerprint density at radius 3 is 2.55 bits per heavy atom. The van der Waals surface area contributed by atoms with Gasteiger partial charge >= 0.3 is 0 Å². The fourth-order valence-electron chi connectivity index (χ4n) is 3.10. The second-order valence-electron chi connectivity index (χ2n) is 5.43. The predicted octanol–water partition coefficient (Wildman–Crippen LogP) is 4.05. The zero-order valence-corrected chi connectivity index (χ0v) is 12.1. The molecule has 1 aliphatic rings. The molecule has 2 aromatic rings. The molecule has 1 aromatic heterocycles. The van der Waals surface area contributed by atoms with Gasteiger partial charge in [0.1, 0.15) is 11.0 Å². The SMILES string of the molecule is Clc1cncc(NCC2(c3ccccc3)CCCC2)n1. The standard InChI is InChI=1S/C16H18ClN3/c17-14-10-18-11-15(20-14)19-12-16(8-4-5-9-16)13-6-2-1-3-7-13/h1-3,6-7,10-11H,4-5,8-9,12H2,(H,19,20). The summed E-state index contributed by atoms with van der Waals surface area (Å²) < 4.78 is 0. The third kappa shape index (κ3) is 2.78. The third-order valence-electron chi connectivity index (χ3n) is 4.16. The summed E-state index contributed by atoms with van der Waals surface area (Å²) in [7, 11) is 0. The molecule has 0 aliphatic heterocycles. The Kier molecular flexibility index (Phi) is 3.88. The smallest absolute Gasteiger partial charge is 0.149 e. The number of anilines is 1. The molecular formula is C16H18ClN3. The van der Waals surface area contributed by atoms with Gasteiger partial charge in [0.15, 0.2) is 0 Å². The molecule has 0 amide bonds. The van der Waals surface area contributed by atoms with E-state index in [1.54, 1.807) is 12.4 Å². The van der Waals surface area contributed by atoms with Crippen molar-refractivity contribution in [1.82, 2.24) is 9.97 Å². The molecular weight excluding hydrogens is 270 g/mol. The van der Waals surface area contributed by atoms with Gasteiger partial charge in [-0.15, -0.1) is 0 Å². The number of nitrogens with zero attached hydrogens (tertiary/aromatic N) is 2. The maximum atomic E-state index is 5.88. The van der Waals surface area contributed by atoms with Crippen LogP contribution in [0.15, 0.2) is 42.7 Å². The fourth-order valence-corrected chi connectivity index (χ4v) is 3.25. The summed E-state index contributed by atoms with van der Waals surface area (Å²) in [5.41, 5.74) is 1.63. The molecule has 0 bridgehead atoms. The summed E-state index contributed by atoms with van der Waals surface area (Å²) >= 11 is 5.88. The van der Waals surface area contributed by atoms with Crippen LogP contribution in [0, 0.1) is 0 Å². The van der Waals surface area contributed by atoms with E-state index >= 15 is 0 Å². The van der Waals surface area contributed by atoms with Gasteiger partial charge in [0.05, 0.1) is 12.4 Å². The molecule has 1 heterocycles. The quantitative estimate of drug-likeness (QED) is 0.922. The van der Waals surface area contributed by atoms with Crippen molar-refractivity contribution in [3.8, 4) is 0 Å². The number of benzene rings is 1. The van der Waals surface area contributed by atoms with Crippen molar-refractivity contribution in [2.45, 2.75) is 31.1 Å². The highest BCUT2D eigenvalue weighted by Crippen LogP contribution is 2.41. The second-order valence-corrected chi connectivity index (χ2v) is 5.82. The zero-order chi connectivity index (χ0) is 13.8. The van der Waals surface area contributed by atoms with Crippen LogP contribution in [0.5, 0.6) is 0 Å². The van der Waals surface area contributed by atoms with E-state index in [4.69, 9.17) is 11.6 Å². The average molecular weight is 288 g/mol. The molecule has 1 aromatic carbocycles. The minimum absolute atomic E-state index is 0.214. The maximum absolute atomic E-state index is 5.88. The Morgan fingerprint density at radius 2 is 1.85 bits per heavy atom. The molecule has 0 radical (unpaired) electrons. The zero-order valence-electron chi connectivity index (χ0n) is 11.3. The number of rotatable bonds is 4. The summed E-state index contributed by atoms with van der Waals surface area (Å²) in [6, 6.07) is 10.8. The van der Waals surface area contributed by atoms with E-state index in [0.717, 1.165) is 12.4 Å². The van der Waals surface area contributed by atoms with Crippen molar-refractivity contribution >= 4 is 17.4 Å². The lowest BCUT2D eigenvalue weighted by molar-refractivity contribution is 0.466. The highest BCUT2D eigenvalue weighted by molar-refractivity contribution is 6.29. The number of hydrogen-bond acceptors (Lipinski definition) is 3. The molecule has 0 atom stereocenters. The van der Waals surface area contributed by atoms with E-state index in [9.17, 15) is 0 Å². The molecule has 3 nitrogen and oxygen atoms in total. The minimum atomic E-state index is 0.214. The highest BCUT2D eigenvalue weighted by Gasteiger charge is 2.35. The predicted molar refractivity (Wildman–Crippen MR) is 82.1 cm³/mol. The van der Waals surface area contributed by atoms with Crippen molar-refractivity contribution in [3.05, 3.63) is 53.4 Å². The van der Waals surface area contributed by atoms with Gasteiger partial charge in [-0.2, -0.15) is 0 Å². The van der Waals surface area contributed by atoms with Crippen LogP contribution in [0.1, 0.15) is 31.2 Å². The third-order valence-corrected chi connectivity index (χ3v) is 4.34. The lowest BCUT2D eigenvalue weighted by Crippen LogP contribution is -2.31. The van der Waals surface area contributed by atoms with Gasteiger partial charge in [0.25, 0.3) is 0 Å². The second kappa shape index (κ2) is 5.80. The van der Waals surface area contributed by atoms with E-state index in [2.05, 4.69) is 45.6 Å². The number of aromatic nitrogens is 2. The topological polar surface area (TPSA) is 37.8 Å². The molecule has 1 aliphatic carbocycles. The van der Waals surface area contributed by atoms with Gasteiger partial charge < -0.3 is 5.32 Å². The average Bonchev–Trinajstić information content (AvgIpc) is 2.96. The molecule has 3 rings (SSSR count). The largest absolute Gasteiger partial charge is 0.368 e. The van der Waals surface area contributed by atoms with Gasteiger partial charge in [-0.05, 0) is 18.4 Å². The Morgan fingerprint density at radius 1 is 1.10 bits per heavy atom. The first-order valence-electron chi connectivity index (χ1n) is 7.05. The molecule has 20 heavy (non-hydrogen) atoms. The van der Waals surface area contributed by atoms with Crippen LogP contribution in [-0.4, -0.2) is 16.5 Å². The van der Waals surface area contributed by atoms with Crippen molar-refractivity contribution in [3.63, 3.8) is 0 Å². The van der Waals surface area contributed by atoms with Crippen LogP contribution in [0.25, 0.3) is 0 Å². The van der Waals surface area contributed by atoms with Crippen molar-refractivity contribution in [2.75, 3.05) is 11.9 Å². The van der Waals surface area contributed by atoms with Gasteiger partial charge in [0.2, 0.25) is 0 Å². The molecule has 0 unspecified atom stereocenters. The minimum Gasteiger partial charge on any atom is -0.368 e. The van der Waals surface area contributed by atoms with Crippen molar-refractivity contribution < 1.29 is 0 Å². The van der Waals surface area contributed by atoms with Crippen LogP contribution in [0.3, 0.4) is 0 Å². The van der Waals surface area contributed by atoms with Crippen molar-refractivity contribution in [1.29, 1.82) is 0 Å². The van der Waals surface area contributed by atoms with Crippen molar-refractivity contribution in [2.24, 2.45) is 0 Å². The van der Waals surface area contributed by atoms with E-state index in [1.807, 2.05) is 0 Å². The summed E-state index contributed by atoms with van der Waals surface area (Å²) in [6.07, 6.45) is 8.29. The molecule has 1 N–H and O–H groups in total. The molecule has 0 spiro atoms. The Labute approximate surface area is 124 Å². The molecule has 4 heteroatoms. The first-order chi connectivity index (χ1) is 9.78. The Hall–Kier alpha value is -1.61. The fraction of sp³-hybridized carbons (Fsp3) is 0.375. The van der Waals surface area contributed by atoms with E-state index < -0.39 is 0 Å². The Balaban J connectivity index is 1.79. The first kappa shape index (κ1) is 13.4. The highest BCUT2D eigenvalue weighted by atomic mass is 35.5. The van der Waals surface area contributed by atoms with Crippen LogP contribution >= 0.6 is 11.6 Å². The summed E-state index contributed by atoms with van der Waals surface area (Å²) in [6.45, 7) is 0.881. The van der Waals surface area contributed by atoms with Gasteiger partial charge in [-0.3, -0.25) is 4.98 Å². The molecule has 1 fully saturated rings. The summed E-state index contributed by atoms with van der Waals surface area (Å²) in [5, 5.41) is 3.83. The Bertz CT molecular complexity index is 565. The lowest BCUT2D eigenvalue weighted by atomic mass is 9.79. The van der Waals surface area contributed by atoms with Gasteiger partial charge in [-0.1, -0.05) is 54.8 Å². The normalized spacial score (nSPS) is 17.1. The van der Waals surface area contributed by atoms with Gasteiger partial charge in [-0.25, -0.2) is 4.98 Å². The number of halogens is 1. The maximum Gasteiger partial charge on any atom is 0.149 e. The number of hydrogen-bond donors (Lipinski definition) is 1. The van der Waals surface area contributed by atoms with Crippen LogP contribution in [0.2, 0.25) is 5.15 Å². The summed E-state index contributed by atoms with van der Waals surface area (Å²) in [5.74, 6) is 0.750.